The molecule has 0 bridgehead atoms. The lowest BCUT2D eigenvalue weighted by Gasteiger charge is -2.02. The third-order valence-electron chi connectivity index (χ3n) is 3.63. The second-order valence-electron chi connectivity index (χ2n) is 5.50. The molecular formula is C17H18N4O5. The number of rotatable bonds is 2. The molecule has 2 heterocycles. The van der Waals surface area contributed by atoms with Gasteiger partial charge in [-0.15, -0.1) is 0 Å². The average Bonchev–Trinajstić information content (AvgIpc) is 3.00. The number of fused-ring (bicyclic) bond motifs is 1. The van der Waals surface area contributed by atoms with Crippen molar-refractivity contribution in [1.82, 2.24) is 18.7 Å². The van der Waals surface area contributed by atoms with Crippen molar-refractivity contribution < 1.29 is 15.0 Å². The molecule has 0 spiro atoms. The lowest BCUT2D eigenvalue weighted by atomic mass is 10.2. The fourth-order valence-corrected chi connectivity index (χ4v) is 2.22. The van der Waals surface area contributed by atoms with Crippen LogP contribution in [0.5, 0.6) is 5.75 Å². The highest BCUT2D eigenvalue weighted by Crippen LogP contribution is 2.10. The SMILES string of the molecule is Cn1c(=O)c2c(ncn2C)n(C)c1=O.O=C(O)/C=C/c1ccc(O)cc1. The number of aromatic hydroxyl groups is 1. The monoisotopic (exact) mass is 358 g/mol. The second-order valence-corrected chi connectivity index (χ2v) is 5.50. The summed E-state index contributed by atoms with van der Waals surface area (Å²) in [5, 5.41) is 17.2. The highest BCUT2D eigenvalue weighted by atomic mass is 16.4. The van der Waals surface area contributed by atoms with Gasteiger partial charge in [-0.2, -0.15) is 0 Å². The summed E-state index contributed by atoms with van der Waals surface area (Å²) >= 11 is 0. The van der Waals surface area contributed by atoms with E-state index in [1.54, 1.807) is 30.8 Å². The summed E-state index contributed by atoms with van der Waals surface area (Å²) < 4.78 is 4.04. The maximum atomic E-state index is 11.7. The molecule has 9 nitrogen and oxygen atoms in total. The molecule has 3 aromatic rings. The number of carboxylic acid groups (broad SMARTS) is 1. The molecule has 0 saturated heterocycles. The molecule has 136 valence electrons. The summed E-state index contributed by atoms with van der Waals surface area (Å²) in [6.45, 7) is 0. The molecule has 0 saturated carbocycles. The molecule has 0 unspecified atom stereocenters. The number of phenols is 1. The number of hydrogen-bond acceptors (Lipinski definition) is 5. The third kappa shape index (κ3) is 3.89. The molecule has 26 heavy (non-hydrogen) atoms. The van der Waals surface area contributed by atoms with Crippen LogP contribution in [-0.2, 0) is 25.9 Å². The molecule has 0 amide bonds. The Kier molecular flexibility index (Phi) is 5.41. The Morgan fingerprint density at radius 1 is 1.08 bits per heavy atom. The van der Waals surface area contributed by atoms with E-state index < -0.39 is 5.97 Å². The quantitative estimate of drug-likeness (QED) is 0.642. The zero-order chi connectivity index (χ0) is 19.4. The van der Waals surface area contributed by atoms with Gasteiger partial charge < -0.3 is 14.8 Å². The Morgan fingerprint density at radius 2 is 1.69 bits per heavy atom. The molecule has 1 aromatic carbocycles. The van der Waals surface area contributed by atoms with Crippen LogP contribution in [0.15, 0.2) is 46.3 Å². The minimum absolute atomic E-state index is 0.169. The van der Waals surface area contributed by atoms with Gasteiger partial charge >= 0.3 is 11.7 Å². The molecule has 0 aliphatic carbocycles. The normalized spacial score (nSPS) is 10.7. The van der Waals surface area contributed by atoms with Gasteiger partial charge in [0.05, 0.1) is 6.33 Å². The molecule has 0 aliphatic rings. The van der Waals surface area contributed by atoms with Gasteiger partial charge in [0.15, 0.2) is 11.2 Å². The first-order valence-electron chi connectivity index (χ1n) is 7.49. The second kappa shape index (κ2) is 7.51. The topological polar surface area (TPSA) is 119 Å². The van der Waals surface area contributed by atoms with Gasteiger partial charge in [-0.3, -0.25) is 13.9 Å². The van der Waals surface area contributed by atoms with Crippen LogP contribution in [0, 0.1) is 0 Å². The Bertz CT molecular complexity index is 1090. The van der Waals surface area contributed by atoms with E-state index in [1.807, 2.05) is 0 Å². The predicted octanol–water partition coefficient (Wildman–Crippen LogP) is 0.461. The summed E-state index contributed by atoms with van der Waals surface area (Å²) in [5.74, 6) is -0.814. The summed E-state index contributed by atoms with van der Waals surface area (Å²) in [6, 6.07) is 6.27. The van der Waals surface area contributed by atoms with E-state index in [0.717, 1.165) is 16.2 Å². The number of carbonyl (C=O) groups is 1. The number of carboxylic acids is 1. The third-order valence-corrected chi connectivity index (χ3v) is 3.63. The van der Waals surface area contributed by atoms with Crippen LogP contribution in [0.4, 0.5) is 0 Å². The summed E-state index contributed by atoms with van der Waals surface area (Å²) in [4.78, 5) is 37.3. The first-order chi connectivity index (χ1) is 12.2. The van der Waals surface area contributed by atoms with E-state index in [4.69, 9.17) is 10.2 Å². The lowest BCUT2D eigenvalue weighted by molar-refractivity contribution is -0.131. The molecular weight excluding hydrogens is 340 g/mol. The minimum Gasteiger partial charge on any atom is -0.508 e. The van der Waals surface area contributed by atoms with Gasteiger partial charge in [0.1, 0.15) is 5.75 Å². The van der Waals surface area contributed by atoms with Gasteiger partial charge in [0.25, 0.3) is 5.56 Å². The van der Waals surface area contributed by atoms with E-state index in [9.17, 15) is 14.4 Å². The van der Waals surface area contributed by atoms with Crippen molar-refractivity contribution in [3.63, 3.8) is 0 Å². The van der Waals surface area contributed by atoms with E-state index in [2.05, 4.69) is 4.98 Å². The van der Waals surface area contributed by atoms with Crippen molar-refractivity contribution in [1.29, 1.82) is 0 Å². The number of phenolic OH excluding ortho intramolecular Hbond substituents is 1. The number of aryl methyl sites for hydroxylation is 2. The van der Waals surface area contributed by atoms with Crippen molar-refractivity contribution >= 4 is 23.2 Å². The van der Waals surface area contributed by atoms with Gasteiger partial charge in [0, 0.05) is 27.2 Å². The Hall–Kier alpha value is -3.62. The van der Waals surface area contributed by atoms with Crippen LogP contribution in [0.1, 0.15) is 5.56 Å². The van der Waals surface area contributed by atoms with Crippen LogP contribution in [0.25, 0.3) is 17.2 Å². The number of nitrogens with zero attached hydrogens (tertiary/aromatic N) is 4. The van der Waals surface area contributed by atoms with Crippen LogP contribution >= 0.6 is 0 Å². The smallest absolute Gasteiger partial charge is 0.332 e. The predicted molar refractivity (Wildman–Crippen MR) is 96.0 cm³/mol. The van der Waals surface area contributed by atoms with E-state index in [1.165, 1.54) is 36.2 Å². The van der Waals surface area contributed by atoms with Gasteiger partial charge in [-0.05, 0) is 23.8 Å². The molecule has 2 N–H and O–H groups in total. The zero-order valence-corrected chi connectivity index (χ0v) is 14.4. The standard InChI is InChI=1S/C9H8O3.C8H10N4O2/c10-8-4-1-7(2-5-8)3-6-9(11)12;1-10-4-9-6-5(10)7(13)12(3)8(14)11(6)2/h1-6,10H,(H,11,12);4H,1-3H3/b6-3+;. The Labute approximate surface area is 147 Å². The molecule has 2 aromatic heterocycles. The average molecular weight is 358 g/mol. The number of aromatic nitrogens is 4. The highest BCUT2D eigenvalue weighted by Gasteiger charge is 2.11. The van der Waals surface area contributed by atoms with Gasteiger partial charge in [-0.25, -0.2) is 14.6 Å². The number of benzene rings is 1. The van der Waals surface area contributed by atoms with Crippen molar-refractivity contribution in [2.75, 3.05) is 0 Å². The van der Waals surface area contributed by atoms with E-state index in [-0.39, 0.29) is 17.0 Å². The molecule has 9 heteroatoms. The summed E-state index contributed by atoms with van der Waals surface area (Å²) in [6.07, 6.45) is 4.03. The van der Waals surface area contributed by atoms with Crippen molar-refractivity contribution in [3.8, 4) is 5.75 Å². The first-order valence-corrected chi connectivity index (χ1v) is 7.49. The van der Waals surface area contributed by atoms with Gasteiger partial charge in [0.2, 0.25) is 0 Å². The molecule has 0 aliphatic heterocycles. The first kappa shape index (κ1) is 18.7. The maximum absolute atomic E-state index is 11.7. The van der Waals surface area contributed by atoms with Crippen molar-refractivity contribution in [3.05, 3.63) is 63.1 Å². The van der Waals surface area contributed by atoms with Crippen LogP contribution < -0.4 is 11.2 Å². The Morgan fingerprint density at radius 3 is 2.27 bits per heavy atom. The van der Waals surface area contributed by atoms with Crippen LogP contribution in [0.2, 0.25) is 0 Å². The molecule has 0 fully saturated rings. The van der Waals surface area contributed by atoms with Gasteiger partial charge in [-0.1, -0.05) is 12.1 Å². The molecule has 3 rings (SSSR count). The minimum atomic E-state index is -0.983. The number of hydrogen-bond donors (Lipinski definition) is 2. The largest absolute Gasteiger partial charge is 0.508 e. The summed E-state index contributed by atoms with van der Waals surface area (Å²) in [7, 11) is 4.77. The van der Waals surface area contributed by atoms with Crippen LogP contribution in [-0.4, -0.2) is 34.9 Å². The number of imidazole rings is 1. The fourth-order valence-electron chi connectivity index (χ4n) is 2.22. The number of aliphatic carboxylic acids is 1. The highest BCUT2D eigenvalue weighted by molar-refractivity contribution is 5.85. The van der Waals surface area contributed by atoms with E-state index in [0.29, 0.717) is 11.2 Å². The van der Waals surface area contributed by atoms with Crippen LogP contribution in [0.3, 0.4) is 0 Å². The maximum Gasteiger partial charge on any atom is 0.332 e. The fraction of sp³-hybridized carbons (Fsp3) is 0.176. The zero-order valence-electron chi connectivity index (χ0n) is 14.4. The van der Waals surface area contributed by atoms with E-state index >= 15 is 0 Å². The summed E-state index contributed by atoms with van der Waals surface area (Å²) in [5.41, 5.74) is 0.926. The molecule has 0 atom stereocenters. The van der Waals surface area contributed by atoms with Crippen molar-refractivity contribution in [2.45, 2.75) is 0 Å². The molecule has 0 radical (unpaired) electrons. The van der Waals surface area contributed by atoms with Crippen molar-refractivity contribution in [2.24, 2.45) is 21.1 Å². The Balaban J connectivity index is 0.000000190. The lowest BCUT2D eigenvalue weighted by Crippen LogP contribution is -2.37.